The monoisotopic (exact) mass is 378 g/mol. The second-order valence-electron chi connectivity index (χ2n) is 7.83. The Morgan fingerprint density at radius 1 is 0.929 bits per heavy atom. The van der Waals surface area contributed by atoms with Crippen molar-refractivity contribution in [2.45, 2.75) is 38.5 Å². The van der Waals surface area contributed by atoms with Crippen molar-refractivity contribution in [3.63, 3.8) is 0 Å². The summed E-state index contributed by atoms with van der Waals surface area (Å²) in [5, 5.41) is 9.15. The minimum absolute atomic E-state index is 0.00305. The number of piperidine rings is 1. The van der Waals surface area contributed by atoms with E-state index in [1.165, 1.54) is 0 Å². The second-order valence-corrected chi connectivity index (χ2v) is 7.83. The molecule has 28 heavy (non-hydrogen) atoms. The Kier molecular flexibility index (Phi) is 5.44. The lowest BCUT2D eigenvalue weighted by Gasteiger charge is -2.36. The van der Waals surface area contributed by atoms with Crippen molar-refractivity contribution in [3.8, 4) is 0 Å². The van der Waals surface area contributed by atoms with Crippen LogP contribution in [0, 0.1) is 5.92 Å². The zero-order chi connectivity index (χ0) is 19.5. The topological polar surface area (TPSA) is 60.9 Å². The molecule has 5 nitrogen and oxygen atoms in total. The highest BCUT2D eigenvalue weighted by molar-refractivity contribution is 5.84. The number of benzene rings is 2. The molecular formula is C23H26N2O3. The van der Waals surface area contributed by atoms with Crippen LogP contribution in [0.3, 0.4) is 0 Å². The molecule has 5 rings (SSSR count). The first-order valence-electron chi connectivity index (χ1n) is 9.95. The van der Waals surface area contributed by atoms with Crippen molar-refractivity contribution in [1.82, 2.24) is 9.80 Å². The Morgan fingerprint density at radius 2 is 1.64 bits per heavy atom. The van der Waals surface area contributed by atoms with Gasteiger partial charge in [0.25, 0.3) is 0 Å². The zero-order valence-electron chi connectivity index (χ0n) is 16.0. The van der Waals surface area contributed by atoms with Crippen LogP contribution in [0.15, 0.2) is 54.6 Å². The van der Waals surface area contributed by atoms with Crippen LogP contribution in [0.2, 0.25) is 0 Å². The van der Waals surface area contributed by atoms with Gasteiger partial charge in [-0.25, -0.2) is 0 Å². The van der Waals surface area contributed by atoms with Crippen molar-refractivity contribution < 1.29 is 14.7 Å². The lowest BCUT2D eigenvalue weighted by Crippen LogP contribution is -2.47. The Bertz CT molecular complexity index is 835. The van der Waals surface area contributed by atoms with Crippen LogP contribution in [-0.4, -0.2) is 45.9 Å². The van der Waals surface area contributed by atoms with E-state index in [4.69, 9.17) is 5.11 Å². The summed E-state index contributed by atoms with van der Waals surface area (Å²) >= 11 is 0. The highest BCUT2D eigenvalue weighted by Crippen LogP contribution is 2.30. The van der Waals surface area contributed by atoms with Gasteiger partial charge in [-0.05, 0) is 29.5 Å². The van der Waals surface area contributed by atoms with E-state index >= 15 is 0 Å². The number of rotatable bonds is 5. The molecule has 3 aliphatic heterocycles. The Morgan fingerprint density at radius 3 is 2.36 bits per heavy atom. The lowest BCUT2D eigenvalue weighted by atomic mass is 9.93. The average Bonchev–Trinajstić information content (AvgIpc) is 3.02. The van der Waals surface area contributed by atoms with E-state index in [-0.39, 0.29) is 30.4 Å². The number of carbonyl (C=O) groups is 2. The highest BCUT2D eigenvalue weighted by Gasteiger charge is 2.41. The number of aliphatic hydroxyl groups is 1. The maximum atomic E-state index is 13.0. The van der Waals surface area contributed by atoms with Crippen molar-refractivity contribution in [2.75, 3.05) is 13.1 Å². The number of nitrogens with zero attached hydrogens (tertiary/aromatic N) is 2. The molecule has 0 radical (unpaired) electrons. The van der Waals surface area contributed by atoms with E-state index < -0.39 is 0 Å². The van der Waals surface area contributed by atoms with Gasteiger partial charge in [0.2, 0.25) is 11.8 Å². The first-order valence-corrected chi connectivity index (χ1v) is 9.95. The molecule has 1 N–H and O–H groups in total. The normalized spacial score (nSPS) is 21.7. The van der Waals surface area contributed by atoms with E-state index in [1.807, 2.05) is 64.4 Å². The Labute approximate surface area is 165 Å². The Hall–Kier alpha value is -2.66. The van der Waals surface area contributed by atoms with Gasteiger partial charge < -0.3 is 14.9 Å². The van der Waals surface area contributed by atoms with Crippen molar-refractivity contribution in [2.24, 2.45) is 5.92 Å². The molecule has 5 heteroatoms. The van der Waals surface area contributed by atoms with E-state index in [9.17, 15) is 9.59 Å². The molecule has 0 unspecified atom stereocenters. The molecule has 0 aromatic heterocycles. The Balaban J connectivity index is 1.45. The molecule has 2 bridgehead atoms. The number of fused-ring (bicyclic) bond motifs is 4. The summed E-state index contributed by atoms with van der Waals surface area (Å²) in [6.07, 6.45) is 2.15. The van der Waals surface area contributed by atoms with Gasteiger partial charge in [-0.3, -0.25) is 9.59 Å². The summed E-state index contributed by atoms with van der Waals surface area (Å²) in [7, 11) is 0. The van der Waals surface area contributed by atoms with Gasteiger partial charge >= 0.3 is 0 Å². The fourth-order valence-electron chi connectivity index (χ4n) is 4.28. The van der Waals surface area contributed by atoms with Gasteiger partial charge in [0.1, 0.15) is 0 Å². The quantitative estimate of drug-likeness (QED) is 0.869. The van der Waals surface area contributed by atoms with E-state index in [2.05, 4.69) is 0 Å². The predicted molar refractivity (Wildman–Crippen MR) is 106 cm³/mol. The first kappa shape index (κ1) is 18.7. The zero-order valence-corrected chi connectivity index (χ0v) is 16.0. The van der Waals surface area contributed by atoms with Crippen LogP contribution >= 0.6 is 0 Å². The highest BCUT2D eigenvalue weighted by atomic mass is 16.3. The van der Waals surface area contributed by atoms with Crippen LogP contribution in [0.5, 0.6) is 0 Å². The predicted octanol–water partition coefficient (Wildman–Crippen LogP) is 2.37. The second kappa shape index (κ2) is 8.15. The molecule has 3 aliphatic rings. The van der Waals surface area contributed by atoms with Crippen molar-refractivity contribution >= 4 is 11.8 Å². The molecule has 0 spiro atoms. The van der Waals surface area contributed by atoms with Gasteiger partial charge in [0, 0.05) is 25.7 Å². The minimum atomic E-state index is -0.0943. The van der Waals surface area contributed by atoms with Gasteiger partial charge in [-0.15, -0.1) is 0 Å². The van der Waals surface area contributed by atoms with E-state index in [1.54, 1.807) is 0 Å². The van der Waals surface area contributed by atoms with Crippen LogP contribution in [0.1, 0.15) is 29.5 Å². The maximum Gasteiger partial charge on any atom is 0.228 e. The molecule has 3 saturated heterocycles. The number of aliphatic hydroxyl groups excluding tert-OH is 1. The molecule has 2 amide bonds. The maximum absolute atomic E-state index is 13.0. The van der Waals surface area contributed by atoms with Gasteiger partial charge in [-0.2, -0.15) is 0 Å². The SMILES string of the molecule is O=C(Cc1ccc(CO)cc1)N1C[C@H]2CC[C@@H](C1)N(Cc1ccccc1)C2=O. The fourth-order valence-corrected chi connectivity index (χ4v) is 4.28. The molecule has 146 valence electrons. The van der Waals surface area contributed by atoms with Crippen LogP contribution in [-0.2, 0) is 29.2 Å². The van der Waals surface area contributed by atoms with E-state index in [0.717, 1.165) is 29.5 Å². The summed E-state index contributed by atoms with van der Waals surface area (Å²) in [6.45, 7) is 1.76. The number of carbonyl (C=O) groups excluding carboxylic acids is 2. The molecule has 3 fully saturated rings. The minimum Gasteiger partial charge on any atom is -0.392 e. The molecule has 2 atom stereocenters. The lowest BCUT2D eigenvalue weighted by molar-refractivity contribution is -0.140. The third kappa shape index (κ3) is 3.94. The standard InChI is InChI=1S/C23H26N2O3/c26-16-19-8-6-17(7-9-19)12-22(27)24-14-20-10-11-21(15-24)25(23(20)28)13-18-4-2-1-3-5-18/h1-9,20-21,26H,10-16H2/t20-,21+/m1/s1. The van der Waals surface area contributed by atoms with Crippen LogP contribution in [0.25, 0.3) is 0 Å². The fraction of sp³-hybridized carbons (Fsp3) is 0.391. The van der Waals surface area contributed by atoms with E-state index in [0.29, 0.717) is 26.1 Å². The molecule has 3 heterocycles. The van der Waals surface area contributed by atoms with Crippen molar-refractivity contribution in [1.29, 1.82) is 0 Å². The summed E-state index contributed by atoms with van der Waals surface area (Å²) in [5.74, 6) is 0.161. The van der Waals surface area contributed by atoms with Gasteiger partial charge in [0.15, 0.2) is 0 Å². The molecule has 0 saturated carbocycles. The number of hydrogen-bond acceptors (Lipinski definition) is 3. The van der Waals surface area contributed by atoms with Crippen LogP contribution in [0.4, 0.5) is 0 Å². The first-order chi connectivity index (χ1) is 13.6. The number of hydrogen-bond donors (Lipinski definition) is 1. The third-order valence-corrected chi connectivity index (χ3v) is 5.90. The molecule has 2 aromatic rings. The largest absolute Gasteiger partial charge is 0.392 e. The molecule has 2 aromatic carbocycles. The third-order valence-electron chi connectivity index (χ3n) is 5.90. The van der Waals surface area contributed by atoms with Gasteiger partial charge in [0.05, 0.1) is 18.9 Å². The summed E-state index contributed by atoms with van der Waals surface area (Å²) < 4.78 is 0. The summed E-state index contributed by atoms with van der Waals surface area (Å²) in [4.78, 5) is 29.7. The van der Waals surface area contributed by atoms with Crippen molar-refractivity contribution in [3.05, 3.63) is 71.3 Å². The number of amides is 2. The van der Waals surface area contributed by atoms with Gasteiger partial charge in [-0.1, -0.05) is 54.6 Å². The smallest absolute Gasteiger partial charge is 0.228 e. The van der Waals surface area contributed by atoms with Crippen LogP contribution < -0.4 is 0 Å². The average molecular weight is 378 g/mol. The summed E-state index contributed by atoms with van der Waals surface area (Å²) in [6, 6.07) is 17.6. The molecular weight excluding hydrogens is 352 g/mol. The summed E-state index contributed by atoms with van der Waals surface area (Å²) in [5.41, 5.74) is 2.91. The molecule has 0 aliphatic carbocycles.